The molecule has 0 aliphatic heterocycles. The van der Waals surface area contributed by atoms with Crippen LogP contribution in [0, 0.1) is 5.82 Å². The number of benzene rings is 1. The first-order chi connectivity index (χ1) is 8.79. The van der Waals surface area contributed by atoms with Crippen molar-refractivity contribution in [2.45, 2.75) is 11.1 Å². The van der Waals surface area contributed by atoms with Gasteiger partial charge in [-0.1, -0.05) is 12.6 Å². The lowest BCUT2D eigenvalue weighted by molar-refractivity contribution is -0.138. The van der Waals surface area contributed by atoms with Gasteiger partial charge in [0.25, 0.3) is 5.56 Å². The average Bonchev–Trinajstić information content (AvgIpc) is 2.31. The molecule has 0 saturated carbocycles. The van der Waals surface area contributed by atoms with Gasteiger partial charge in [0.05, 0.1) is 22.3 Å². The third-order valence-corrected chi connectivity index (χ3v) is 2.60. The predicted octanol–water partition coefficient (Wildman–Crippen LogP) is 2.95. The van der Waals surface area contributed by atoms with Gasteiger partial charge in [-0.3, -0.25) is 4.79 Å². The normalized spacial score (nSPS) is 11.6. The van der Waals surface area contributed by atoms with Crippen LogP contribution in [-0.2, 0) is 6.18 Å². The van der Waals surface area contributed by atoms with E-state index in [2.05, 4.69) is 17.7 Å². The molecule has 0 aliphatic rings. The van der Waals surface area contributed by atoms with E-state index in [4.69, 9.17) is 0 Å². The number of halogens is 4. The molecule has 1 radical (unpaired) electrons. The summed E-state index contributed by atoms with van der Waals surface area (Å²) in [6.45, 7) is 0. The Kier molecular flexibility index (Phi) is 3.27. The summed E-state index contributed by atoms with van der Waals surface area (Å²) in [4.78, 5) is 11.4. The fourth-order valence-corrected chi connectivity index (χ4v) is 1.57. The van der Waals surface area contributed by atoms with Crippen molar-refractivity contribution in [1.82, 2.24) is 9.78 Å². The number of hydrogen-bond donors (Lipinski definition) is 0. The molecule has 1 aromatic heterocycles. The number of aromatic nitrogens is 2. The van der Waals surface area contributed by atoms with Crippen molar-refractivity contribution in [1.29, 1.82) is 0 Å². The molecule has 0 fully saturated rings. The molecule has 3 nitrogen and oxygen atoms in total. The molecule has 0 aliphatic carbocycles. The highest BCUT2D eigenvalue weighted by atomic mass is 32.1. The van der Waals surface area contributed by atoms with Crippen LogP contribution in [0.1, 0.15) is 5.56 Å². The lowest BCUT2D eigenvalue weighted by atomic mass is 10.3. The van der Waals surface area contributed by atoms with E-state index in [0.717, 1.165) is 12.1 Å². The number of rotatable bonds is 1. The quantitative estimate of drug-likeness (QED) is 0.757. The molecule has 0 N–H and O–H groups in total. The predicted molar refractivity (Wildman–Crippen MR) is 60.7 cm³/mol. The second-order valence-corrected chi connectivity index (χ2v) is 4.05. The van der Waals surface area contributed by atoms with Gasteiger partial charge in [-0.05, 0) is 18.2 Å². The van der Waals surface area contributed by atoms with E-state index in [0.29, 0.717) is 16.9 Å². The van der Waals surface area contributed by atoms with Gasteiger partial charge in [-0.15, -0.1) is 0 Å². The Balaban J connectivity index is 2.52. The minimum Gasteiger partial charge on any atom is -0.267 e. The van der Waals surface area contributed by atoms with Crippen LogP contribution >= 0.6 is 12.6 Å². The number of alkyl halides is 3. The molecule has 99 valence electrons. The smallest absolute Gasteiger partial charge is 0.267 e. The van der Waals surface area contributed by atoms with Crippen LogP contribution in [0.15, 0.2) is 40.2 Å². The summed E-state index contributed by atoms with van der Waals surface area (Å²) in [7, 11) is 0. The van der Waals surface area contributed by atoms with E-state index in [-0.39, 0.29) is 10.6 Å². The van der Waals surface area contributed by atoms with E-state index in [1.54, 1.807) is 0 Å². The molecule has 8 heteroatoms. The van der Waals surface area contributed by atoms with Gasteiger partial charge in [0.1, 0.15) is 5.82 Å². The first-order valence-electron chi connectivity index (χ1n) is 4.92. The van der Waals surface area contributed by atoms with E-state index in [1.165, 1.54) is 6.07 Å². The Morgan fingerprint density at radius 1 is 1.21 bits per heavy atom. The fraction of sp³-hybridized carbons (Fsp3) is 0.0909. The summed E-state index contributed by atoms with van der Waals surface area (Å²) in [5.74, 6) is -0.654. The van der Waals surface area contributed by atoms with Crippen molar-refractivity contribution in [2.24, 2.45) is 0 Å². The zero-order valence-electron chi connectivity index (χ0n) is 9.11. The van der Waals surface area contributed by atoms with Crippen molar-refractivity contribution < 1.29 is 17.6 Å². The zero-order chi connectivity index (χ0) is 14.2. The van der Waals surface area contributed by atoms with E-state index in [1.807, 2.05) is 0 Å². The topological polar surface area (TPSA) is 34.9 Å². The Bertz CT molecular complexity index is 681. The van der Waals surface area contributed by atoms with E-state index >= 15 is 0 Å². The molecule has 0 bridgehead atoms. The van der Waals surface area contributed by atoms with Crippen LogP contribution in [-0.4, -0.2) is 9.78 Å². The van der Waals surface area contributed by atoms with Crippen molar-refractivity contribution in [3.8, 4) is 5.69 Å². The van der Waals surface area contributed by atoms with Gasteiger partial charge in [0, 0.05) is 6.07 Å². The van der Waals surface area contributed by atoms with Crippen molar-refractivity contribution >= 4 is 12.6 Å². The van der Waals surface area contributed by atoms with E-state index < -0.39 is 23.1 Å². The lowest BCUT2D eigenvalue weighted by Crippen LogP contribution is -2.23. The highest BCUT2D eigenvalue weighted by molar-refractivity contribution is 7.80. The van der Waals surface area contributed by atoms with Gasteiger partial charge in [-0.2, -0.15) is 23.0 Å². The molecule has 0 unspecified atom stereocenters. The maximum absolute atomic E-state index is 13.0. The van der Waals surface area contributed by atoms with Crippen LogP contribution in [0.3, 0.4) is 0 Å². The lowest BCUT2D eigenvalue weighted by Gasteiger charge is -2.08. The highest BCUT2D eigenvalue weighted by Gasteiger charge is 2.31. The average molecular weight is 289 g/mol. The molecule has 0 atom stereocenters. The van der Waals surface area contributed by atoms with Crippen LogP contribution in [0.4, 0.5) is 17.6 Å². The summed E-state index contributed by atoms with van der Waals surface area (Å²) in [5.41, 5.74) is -2.02. The number of nitrogens with zero attached hydrogens (tertiary/aromatic N) is 2. The minimum atomic E-state index is -4.64. The standard InChI is InChI=1S/C11H5F4N2OS/c12-8-2-1-7(4-9(8)19)17-10(18)3-6(5-16-17)11(13,14)15/h1-5H. The molecule has 0 spiro atoms. The molecule has 19 heavy (non-hydrogen) atoms. The maximum atomic E-state index is 13.0. The Hall–Kier alpha value is -1.96. The van der Waals surface area contributed by atoms with Crippen LogP contribution in [0.25, 0.3) is 5.69 Å². The molecule has 1 aromatic carbocycles. The summed E-state index contributed by atoms with van der Waals surface area (Å²) >= 11 is 4.67. The summed E-state index contributed by atoms with van der Waals surface area (Å²) < 4.78 is 50.8. The van der Waals surface area contributed by atoms with Crippen LogP contribution in [0.5, 0.6) is 0 Å². The maximum Gasteiger partial charge on any atom is 0.418 e. The molecule has 1 heterocycles. The Morgan fingerprint density at radius 3 is 2.42 bits per heavy atom. The summed E-state index contributed by atoms with van der Waals surface area (Å²) in [5, 5.41) is 3.40. The van der Waals surface area contributed by atoms with Crippen molar-refractivity contribution in [2.75, 3.05) is 0 Å². The second kappa shape index (κ2) is 4.61. The van der Waals surface area contributed by atoms with Gasteiger partial charge in [-0.25, -0.2) is 4.39 Å². The first-order valence-corrected chi connectivity index (χ1v) is 5.33. The molecular weight excluding hydrogens is 284 g/mol. The Labute approximate surface area is 109 Å². The zero-order valence-corrected chi connectivity index (χ0v) is 9.93. The van der Waals surface area contributed by atoms with Gasteiger partial charge in [0.15, 0.2) is 0 Å². The first kappa shape index (κ1) is 13.5. The van der Waals surface area contributed by atoms with E-state index in [9.17, 15) is 22.4 Å². The SMILES string of the molecule is O=c1cc(C(F)(F)F)cnn1-c1ccc(F)c([S])c1. The fourth-order valence-electron chi connectivity index (χ4n) is 1.38. The third kappa shape index (κ3) is 2.73. The van der Waals surface area contributed by atoms with Crippen molar-refractivity contribution in [3.63, 3.8) is 0 Å². The second-order valence-electron chi connectivity index (χ2n) is 3.61. The molecule has 0 amide bonds. The van der Waals surface area contributed by atoms with Crippen LogP contribution in [0.2, 0.25) is 0 Å². The largest absolute Gasteiger partial charge is 0.418 e. The number of hydrogen-bond acceptors (Lipinski definition) is 2. The van der Waals surface area contributed by atoms with Gasteiger partial charge < -0.3 is 0 Å². The van der Waals surface area contributed by atoms with Gasteiger partial charge in [0.2, 0.25) is 0 Å². The van der Waals surface area contributed by atoms with Gasteiger partial charge >= 0.3 is 6.18 Å². The molecule has 2 rings (SSSR count). The molecule has 0 saturated heterocycles. The Morgan fingerprint density at radius 2 is 1.89 bits per heavy atom. The summed E-state index contributed by atoms with van der Waals surface area (Å²) in [6.07, 6.45) is -4.12. The third-order valence-electron chi connectivity index (χ3n) is 2.29. The van der Waals surface area contributed by atoms with Crippen molar-refractivity contribution in [3.05, 3.63) is 52.2 Å². The van der Waals surface area contributed by atoms with Crippen LogP contribution < -0.4 is 5.56 Å². The summed E-state index contributed by atoms with van der Waals surface area (Å²) in [6, 6.07) is 3.78. The highest BCUT2D eigenvalue weighted by Crippen LogP contribution is 2.27. The molecular formula is C11H5F4N2OS. The monoisotopic (exact) mass is 289 g/mol. The molecule has 2 aromatic rings. The minimum absolute atomic E-state index is 0.102.